The van der Waals surface area contributed by atoms with Gasteiger partial charge in [-0.25, -0.2) is 0 Å². The summed E-state index contributed by atoms with van der Waals surface area (Å²) in [5.74, 6) is 1.52. The second-order valence-electron chi connectivity index (χ2n) is 6.05. The largest absolute Gasteiger partial charge is 0.496 e. The van der Waals surface area contributed by atoms with Crippen LogP contribution in [0.15, 0.2) is 74.8 Å². The minimum atomic E-state index is -0.368. The Bertz CT molecular complexity index is 1020. The first-order valence-electron chi connectivity index (χ1n) is 8.60. The molecular formula is C21H17NO5S. The Hall–Kier alpha value is -3.19. The van der Waals surface area contributed by atoms with Gasteiger partial charge in [0.05, 0.1) is 42.4 Å². The van der Waals surface area contributed by atoms with Crippen LogP contribution in [0.25, 0.3) is 5.57 Å². The minimum absolute atomic E-state index is 0.0775. The van der Waals surface area contributed by atoms with Crippen molar-refractivity contribution in [2.24, 2.45) is 0 Å². The number of para-hydroxylation sites is 1. The number of hydrogen-bond donors (Lipinski definition) is 0. The van der Waals surface area contributed by atoms with E-state index in [0.29, 0.717) is 33.3 Å². The minimum Gasteiger partial charge on any atom is -0.496 e. The quantitative estimate of drug-likeness (QED) is 0.561. The monoisotopic (exact) mass is 395 g/mol. The van der Waals surface area contributed by atoms with Crippen molar-refractivity contribution in [3.63, 3.8) is 0 Å². The van der Waals surface area contributed by atoms with Crippen molar-refractivity contribution in [2.45, 2.75) is 12.3 Å². The van der Waals surface area contributed by atoms with Crippen molar-refractivity contribution in [3.05, 3.63) is 83.0 Å². The van der Waals surface area contributed by atoms with Gasteiger partial charge in [0.1, 0.15) is 17.3 Å². The first-order chi connectivity index (χ1) is 13.7. The molecule has 3 aromatic rings. The average Bonchev–Trinajstić information content (AvgIpc) is 3.45. The number of carbonyl (C=O) groups excluding carboxylic acids is 2. The van der Waals surface area contributed by atoms with Gasteiger partial charge in [0.25, 0.3) is 11.8 Å². The maximum Gasteiger partial charge on any atom is 0.268 e. The van der Waals surface area contributed by atoms with Crippen molar-refractivity contribution in [1.29, 1.82) is 0 Å². The molecule has 1 aromatic carbocycles. The van der Waals surface area contributed by atoms with E-state index in [1.54, 1.807) is 36.6 Å². The molecule has 4 rings (SSSR count). The molecule has 1 aliphatic heterocycles. The third kappa shape index (κ3) is 3.36. The molecular weight excluding hydrogens is 378 g/mol. The third-order valence-corrected chi connectivity index (χ3v) is 5.43. The molecule has 0 saturated carbocycles. The number of thioether (sulfide) groups is 1. The van der Waals surface area contributed by atoms with E-state index >= 15 is 0 Å². The summed E-state index contributed by atoms with van der Waals surface area (Å²) in [7, 11) is 1.54. The Morgan fingerprint density at radius 2 is 1.64 bits per heavy atom. The van der Waals surface area contributed by atoms with Crippen molar-refractivity contribution < 1.29 is 23.2 Å². The average molecular weight is 395 g/mol. The van der Waals surface area contributed by atoms with E-state index in [9.17, 15) is 9.59 Å². The normalized spacial score (nSPS) is 14.2. The zero-order valence-electron chi connectivity index (χ0n) is 15.1. The first-order valence-corrected chi connectivity index (χ1v) is 9.59. The Balaban J connectivity index is 1.72. The van der Waals surface area contributed by atoms with Crippen molar-refractivity contribution in [3.8, 4) is 5.75 Å². The molecule has 2 aromatic heterocycles. The van der Waals surface area contributed by atoms with Crippen LogP contribution in [0.3, 0.4) is 0 Å². The van der Waals surface area contributed by atoms with Gasteiger partial charge in [-0.1, -0.05) is 18.2 Å². The van der Waals surface area contributed by atoms with E-state index in [-0.39, 0.29) is 18.4 Å². The van der Waals surface area contributed by atoms with Crippen molar-refractivity contribution in [1.82, 2.24) is 4.90 Å². The second-order valence-corrected chi connectivity index (χ2v) is 7.03. The van der Waals surface area contributed by atoms with Gasteiger partial charge in [-0.2, -0.15) is 0 Å². The number of hydrogen-bond acceptors (Lipinski definition) is 6. The van der Waals surface area contributed by atoms with Crippen LogP contribution < -0.4 is 4.74 Å². The number of amides is 2. The summed E-state index contributed by atoms with van der Waals surface area (Å²) in [5, 5.41) is 0. The third-order valence-electron chi connectivity index (χ3n) is 4.33. The van der Waals surface area contributed by atoms with Crippen LogP contribution in [0.1, 0.15) is 17.1 Å². The van der Waals surface area contributed by atoms with Crippen LogP contribution in [0.2, 0.25) is 0 Å². The van der Waals surface area contributed by atoms with Crippen molar-refractivity contribution >= 4 is 29.1 Å². The van der Waals surface area contributed by atoms with E-state index < -0.39 is 0 Å². The molecule has 0 saturated heterocycles. The summed E-state index contributed by atoms with van der Waals surface area (Å²) in [6.45, 7) is 0.0775. The molecule has 0 N–H and O–H groups in total. The van der Waals surface area contributed by atoms with Crippen LogP contribution in [0.5, 0.6) is 5.75 Å². The van der Waals surface area contributed by atoms with E-state index in [0.717, 1.165) is 5.76 Å². The highest BCUT2D eigenvalue weighted by atomic mass is 32.2. The fraction of sp³-hybridized carbons (Fsp3) is 0.143. The molecule has 0 unspecified atom stereocenters. The highest BCUT2D eigenvalue weighted by molar-refractivity contribution is 8.03. The van der Waals surface area contributed by atoms with Gasteiger partial charge in [-0.05, 0) is 30.3 Å². The highest BCUT2D eigenvalue weighted by Crippen LogP contribution is 2.40. The maximum atomic E-state index is 13.2. The Labute approximate surface area is 165 Å². The lowest BCUT2D eigenvalue weighted by molar-refractivity contribution is -0.137. The maximum absolute atomic E-state index is 13.2. The molecule has 0 radical (unpaired) electrons. The molecule has 6 nitrogen and oxygen atoms in total. The van der Waals surface area contributed by atoms with Crippen LogP contribution in [0.4, 0.5) is 0 Å². The zero-order valence-corrected chi connectivity index (χ0v) is 15.9. The summed E-state index contributed by atoms with van der Waals surface area (Å²) in [6, 6.07) is 14.3. The lowest BCUT2D eigenvalue weighted by Gasteiger charge is -2.14. The lowest BCUT2D eigenvalue weighted by atomic mass is 10.1. The van der Waals surface area contributed by atoms with E-state index in [2.05, 4.69) is 0 Å². The predicted molar refractivity (Wildman–Crippen MR) is 104 cm³/mol. The topological polar surface area (TPSA) is 72.9 Å². The Kier molecular flexibility index (Phi) is 5.08. The van der Waals surface area contributed by atoms with Crippen LogP contribution in [-0.2, 0) is 21.9 Å². The predicted octanol–water partition coefficient (Wildman–Crippen LogP) is 4.09. The second kappa shape index (κ2) is 7.82. The molecule has 0 aliphatic carbocycles. The lowest BCUT2D eigenvalue weighted by Crippen LogP contribution is -2.30. The number of rotatable bonds is 7. The molecule has 0 atom stereocenters. The molecule has 7 heteroatoms. The van der Waals surface area contributed by atoms with Gasteiger partial charge in [0.2, 0.25) is 0 Å². The number of furan rings is 2. The van der Waals surface area contributed by atoms with Gasteiger partial charge < -0.3 is 13.6 Å². The van der Waals surface area contributed by atoms with Gasteiger partial charge in [0.15, 0.2) is 0 Å². The van der Waals surface area contributed by atoms with Gasteiger partial charge >= 0.3 is 0 Å². The molecule has 1 aliphatic rings. The van der Waals surface area contributed by atoms with E-state index in [1.807, 2.05) is 18.2 Å². The zero-order chi connectivity index (χ0) is 19.5. The van der Waals surface area contributed by atoms with Crippen molar-refractivity contribution in [2.75, 3.05) is 7.11 Å². The van der Waals surface area contributed by atoms with Gasteiger partial charge in [-0.3, -0.25) is 14.5 Å². The van der Waals surface area contributed by atoms with Crippen LogP contribution >= 0.6 is 11.8 Å². The standard InChI is InChI=1S/C21H17NO5S/c1-25-17-9-3-2-8-16(17)18-19(28-13-15-7-5-11-27-15)21(24)22(20(18)23)12-14-6-4-10-26-14/h2-11H,12-13H2,1H3. The summed E-state index contributed by atoms with van der Waals surface area (Å²) >= 11 is 1.28. The number of carbonyl (C=O) groups is 2. The SMILES string of the molecule is COc1ccccc1C1=C(SCc2ccco2)C(=O)N(Cc2ccco2)C1=O. The molecule has 0 fully saturated rings. The highest BCUT2D eigenvalue weighted by Gasteiger charge is 2.40. The Morgan fingerprint density at radius 1 is 0.929 bits per heavy atom. The molecule has 3 heterocycles. The number of nitrogens with zero attached hydrogens (tertiary/aromatic N) is 1. The summed E-state index contributed by atoms with van der Waals surface area (Å²) < 4.78 is 16.1. The van der Waals surface area contributed by atoms with Crippen LogP contribution in [-0.4, -0.2) is 23.8 Å². The van der Waals surface area contributed by atoms with Gasteiger partial charge in [0, 0.05) is 5.56 Å². The number of ether oxygens (including phenoxy) is 1. The number of imide groups is 1. The van der Waals surface area contributed by atoms with Gasteiger partial charge in [-0.15, -0.1) is 11.8 Å². The summed E-state index contributed by atoms with van der Waals surface area (Å²) in [6.07, 6.45) is 3.09. The molecule has 0 bridgehead atoms. The molecule has 0 spiro atoms. The summed E-state index contributed by atoms with van der Waals surface area (Å²) in [4.78, 5) is 27.9. The van der Waals surface area contributed by atoms with Crippen LogP contribution in [0, 0.1) is 0 Å². The number of methoxy groups -OCH3 is 1. The molecule has 28 heavy (non-hydrogen) atoms. The smallest absolute Gasteiger partial charge is 0.268 e. The molecule has 2 amide bonds. The Morgan fingerprint density at radius 3 is 2.32 bits per heavy atom. The summed E-state index contributed by atoms with van der Waals surface area (Å²) in [5.41, 5.74) is 0.929. The molecule has 142 valence electrons. The number of benzene rings is 1. The fourth-order valence-electron chi connectivity index (χ4n) is 3.02. The first kappa shape index (κ1) is 18.2. The fourth-order valence-corrected chi connectivity index (χ4v) is 4.04. The van der Waals surface area contributed by atoms with E-state index in [4.69, 9.17) is 13.6 Å². The van der Waals surface area contributed by atoms with E-state index in [1.165, 1.54) is 30.0 Å².